The highest BCUT2D eigenvalue weighted by Crippen LogP contribution is 2.63. The Hall–Kier alpha value is -3.28. The van der Waals surface area contributed by atoms with Crippen LogP contribution in [0.3, 0.4) is 0 Å². The zero-order valence-electron chi connectivity index (χ0n) is 26.1. The number of amides is 1. The number of fused-ring (bicyclic) bond motifs is 1. The normalized spacial score (nSPS) is 26.7. The summed E-state index contributed by atoms with van der Waals surface area (Å²) in [4.78, 5) is 15.4. The van der Waals surface area contributed by atoms with Gasteiger partial charge in [0.25, 0.3) is 0 Å². The lowest BCUT2D eigenvalue weighted by Gasteiger charge is -2.42. The van der Waals surface area contributed by atoms with E-state index in [9.17, 15) is 4.79 Å². The first-order valence-electron chi connectivity index (χ1n) is 14.5. The number of ether oxygens (including phenoxy) is 2. The minimum atomic E-state index is -2.05. The van der Waals surface area contributed by atoms with Gasteiger partial charge in [-0.05, 0) is 80.6 Å². The monoisotopic (exact) mass is 599 g/mol. The van der Waals surface area contributed by atoms with Gasteiger partial charge in [0.1, 0.15) is 24.5 Å². The summed E-state index contributed by atoms with van der Waals surface area (Å²) in [5, 5.41) is 0.105. The second kappa shape index (κ2) is 10.5. The van der Waals surface area contributed by atoms with Crippen LogP contribution in [-0.2, 0) is 26.1 Å². The van der Waals surface area contributed by atoms with Crippen molar-refractivity contribution in [2.45, 2.75) is 95.4 Å². The van der Waals surface area contributed by atoms with Crippen LogP contribution in [0.1, 0.15) is 38.8 Å². The van der Waals surface area contributed by atoms with E-state index in [0.29, 0.717) is 5.69 Å². The quantitative estimate of drug-likeness (QED) is 0.197. The number of carbonyl (C=O) groups is 1. The molecule has 0 spiro atoms. The Morgan fingerprint density at radius 2 is 1.67 bits per heavy atom. The van der Waals surface area contributed by atoms with E-state index < -0.39 is 46.1 Å². The molecular weight excluding hydrogens is 559 g/mol. The van der Waals surface area contributed by atoms with Crippen LogP contribution < -0.4 is 9.33 Å². The maximum atomic E-state index is 13.8. The van der Waals surface area contributed by atoms with Crippen molar-refractivity contribution in [2.75, 3.05) is 4.90 Å². The van der Waals surface area contributed by atoms with Gasteiger partial charge in [0.05, 0.1) is 5.69 Å². The van der Waals surface area contributed by atoms with Crippen molar-refractivity contribution in [1.29, 1.82) is 0 Å². The van der Waals surface area contributed by atoms with E-state index in [1.165, 1.54) is 0 Å². The average Bonchev–Trinajstić information content (AvgIpc) is 3.66. The fourth-order valence-electron chi connectivity index (χ4n) is 5.46. The van der Waals surface area contributed by atoms with Crippen LogP contribution in [-0.4, -0.2) is 40.5 Å². The van der Waals surface area contributed by atoms with Crippen molar-refractivity contribution >= 4 is 28.4 Å². The van der Waals surface area contributed by atoms with Gasteiger partial charge >= 0.3 is 6.09 Å². The summed E-state index contributed by atoms with van der Waals surface area (Å²) in [7, 11) is -4.00. The number of hydrogen-bond donors (Lipinski definition) is 0. The molecular formula is C34H41NO5Si2. The largest absolute Gasteiger partial charge is 0.544 e. The van der Waals surface area contributed by atoms with Crippen LogP contribution in [0.5, 0.6) is 5.75 Å². The van der Waals surface area contributed by atoms with Gasteiger partial charge in [0, 0.05) is 5.56 Å². The number of benzene rings is 2. The lowest BCUT2D eigenvalue weighted by atomic mass is 9.75. The predicted octanol–water partition coefficient (Wildman–Crippen LogP) is 7.38. The van der Waals surface area contributed by atoms with Crippen molar-refractivity contribution in [3.63, 3.8) is 0 Å². The van der Waals surface area contributed by atoms with Gasteiger partial charge in [0.15, 0.2) is 19.5 Å². The van der Waals surface area contributed by atoms with Gasteiger partial charge in [-0.2, -0.15) is 0 Å². The summed E-state index contributed by atoms with van der Waals surface area (Å²) >= 11 is 0. The number of anilines is 1. The first-order valence-corrected chi connectivity index (χ1v) is 20.8. The molecule has 4 atom stereocenters. The van der Waals surface area contributed by atoms with E-state index in [1.54, 1.807) is 17.1 Å². The summed E-state index contributed by atoms with van der Waals surface area (Å²) in [6.07, 6.45) is 2.53. The van der Waals surface area contributed by atoms with E-state index in [4.69, 9.17) is 18.3 Å². The van der Waals surface area contributed by atoms with Gasteiger partial charge < -0.3 is 18.3 Å². The first-order chi connectivity index (χ1) is 19.6. The number of carbonyl (C=O) groups excluding carboxylic acids is 1. The van der Waals surface area contributed by atoms with Crippen LogP contribution in [0.15, 0.2) is 60.7 Å². The number of para-hydroxylation sites is 1. The standard InChI is InChI=1S/C34H41NO5Si2/c1-32(2,3)42(8,9)39-26-21-19-25(20-22-26)24-37-31(36)35-28-17-14-13-16-27(28)34-30(38-34)29(35)18-12-10-11-15-23-33(34,4)40-41(5,6)7/h10-11,13-14,16-17,19-22,29-30H,24H2,1-9H3/b11-10-/t29-,30-,33+,34+/m1/s1. The Labute approximate surface area is 252 Å². The third-order valence-corrected chi connectivity index (χ3v) is 13.8. The van der Waals surface area contributed by atoms with Crippen LogP contribution in [0.25, 0.3) is 0 Å². The Balaban J connectivity index is 1.42. The van der Waals surface area contributed by atoms with Crippen molar-refractivity contribution in [3.05, 3.63) is 71.8 Å². The number of rotatable bonds is 6. The number of epoxide rings is 1. The van der Waals surface area contributed by atoms with Crippen molar-refractivity contribution in [3.8, 4) is 29.4 Å². The van der Waals surface area contributed by atoms with E-state index in [2.05, 4.69) is 77.2 Å². The number of hydrogen-bond acceptors (Lipinski definition) is 5. The second-order valence-electron chi connectivity index (χ2n) is 13.8. The topological polar surface area (TPSA) is 60.5 Å². The lowest BCUT2D eigenvalue weighted by molar-refractivity contribution is 0.0429. The van der Waals surface area contributed by atoms with E-state index >= 15 is 0 Å². The summed E-state index contributed by atoms with van der Waals surface area (Å²) in [6.45, 7) is 19.7. The average molecular weight is 600 g/mol. The SMILES string of the molecule is CC(C)(C)[Si](C)(C)Oc1ccc(COC(=O)N2c3ccccc3[C@]34O[C@@H]3[C@H]2C#C/C=C\C#C[C@]4(C)O[Si](C)(C)C)cc1. The molecule has 8 heteroatoms. The zero-order chi connectivity index (χ0) is 30.6. The highest BCUT2D eigenvalue weighted by molar-refractivity contribution is 6.74. The summed E-state index contributed by atoms with van der Waals surface area (Å²) < 4.78 is 25.6. The maximum Gasteiger partial charge on any atom is 0.415 e. The Morgan fingerprint density at radius 3 is 2.33 bits per heavy atom. The molecule has 0 unspecified atom stereocenters. The fourth-order valence-corrected chi connectivity index (χ4v) is 7.92. The highest BCUT2D eigenvalue weighted by atomic mass is 28.4. The third-order valence-electron chi connectivity index (χ3n) is 8.46. The Bertz CT molecular complexity index is 1530. The summed E-state index contributed by atoms with van der Waals surface area (Å²) in [6, 6.07) is 15.0. The van der Waals surface area contributed by atoms with Gasteiger partial charge in [-0.1, -0.05) is 74.8 Å². The van der Waals surface area contributed by atoms with Gasteiger partial charge in [0.2, 0.25) is 8.32 Å². The lowest BCUT2D eigenvalue weighted by Crippen LogP contribution is -2.56. The molecule has 3 aliphatic rings. The molecule has 2 aliphatic heterocycles. The fraction of sp³-hybridized carbons (Fsp3) is 0.441. The molecule has 2 heterocycles. The minimum absolute atomic E-state index is 0.105. The van der Waals surface area contributed by atoms with Gasteiger partial charge in [-0.15, -0.1) is 0 Å². The maximum absolute atomic E-state index is 13.8. The molecule has 1 fully saturated rings. The van der Waals surface area contributed by atoms with Crippen LogP contribution in [0.4, 0.5) is 10.5 Å². The molecule has 220 valence electrons. The third kappa shape index (κ3) is 5.45. The first kappa shape index (κ1) is 30.2. The smallest absolute Gasteiger partial charge is 0.415 e. The van der Waals surface area contributed by atoms with E-state index in [-0.39, 0.29) is 11.6 Å². The molecule has 0 saturated carbocycles. The molecule has 5 rings (SSSR count). The molecule has 1 aliphatic carbocycles. The Kier molecular flexibility index (Phi) is 7.52. The second-order valence-corrected chi connectivity index (χ2v) is 23.0. The van der Waals surface area contributed by atoms with Crippen LogP contribution >= 0.6 is 0 Å². The highest BCUT2D eigenvalue weighted by Gasteiger charge is 2.75. The number of nitrogens with zero attached hydrogens (tertiary/aromatic N) is 1. The van der Waals surface area contributed by atoms with E-state index in [1.807, 2.05) is 55.5 Å². The van der Waals surface area contributed by atoms with Crippen molar-refractivity contribution < 1.29 is 23.1 Å². The molecule has 0 aromatic heterocycles. The molecule has 2 aromatic rings. The van der Waals surface area contributed by atoms with Crippen molar-refractivity contribution in [2.24, 2.45) is 0 Å². The predicted molar refractivity (Wildman–Crippen MR) is 171 cm³/mol. The molecule has 42 heavy (non-hydrogen) atoms. The number of allylic oxidation sites excluding steroid dienone is 2. The molecule has 0 N–H and O–H groups in total. The summed E-state index contributed by atoms with van der Waals surface area (Å²) in [5.74, 6) is 13.6. The summed E-state index contributed by atoms with van der Waals surface area (Å²) in [5.41, 5.74) is 0.657. The zero-order valence-corrected chi connectivity index (χ0v) is 28.1. The minimum Gasteiger partial charge on any atom is -0.544 e. The Morgan fingerprint density at radius 1 is 1.00 bits per heavy atom. The van der Waals surface area contributed by atoms with Crippen molar-refractivity contribution in [1.82, 2.24) is 0 Å². The molecule has 2 bridgehead atoms. The molecule has 2 aromatic carbocycles. The molecule has 0 radical (unpaired) electrons. The van der Waals surface area contributed by atoms with Gasteiger partial charge in [-0.25, -0.2) is 4.79 Å². The van der Waals surface area contributed by atoms with E-state index in [0.717, 1.165) is 16.9 Å². The van der Waals surface area contributed by atoms with Crippen LogP contribution in [0, 0.1) is 23.7 Å². The van der Waals surface area contributed by atoms with Crippen LogP contribution in [0.2, 0.25) is 37.8 Å². The molecule has 6 nitrogen and oxygen atoms in total. The van der Waals surface area contributed by atoms with Gasteiger partial charge in [-0.3, -0.25) is 4.90 Å². The molecule has 1 saturated heterocycles. The molecule has 1 amide bonds.